The van der Waals surface area contributed by atoms with Crippen LogP contribution in [0.1, 0.15) is 57.1 Å². The van der Waals surface area contributed by atoms with E-state index in [1.165, 1.54) is 4.57 Å². The van der Waals surface area contributed by atoms with E-state index in [1.54, 1.807) is 42.5 Å². The molecular formula is C30H33F3NO2+. The highest BCUT2D eigenvalue weighted by Gasteiger charge is 2.35. The molecular weight excluding hydrogens is 463 g/mol. The van der Waals surface area contributed by atoms with Crippen molar-refractivity contribution in [2.75, 3.05) is 0 Å². The molecule has 0 radical (unpaired) electrons. The van der Waals surface area contributed by atoms with Crippen LogP contribution in [0.2, 0.25) is 0 Å². The largest absolute Gasteiger partial charge is 0.491 e. The third-order valence-corrected chi connectivity index (χ3v) is 4.94. The lowest BCUT2D eigenvalue weighted by Gasteiger charge is -2.21. The highest BCUT2D eigenvalue weighted by atomic mass is 19.4. The van der Waals surface area contributed by atoms with Crippen molar-refractivity contribution >= 4 is 24.3 Å². The van der Waals surface area contributed by atoms with Crippen molar-refractivity contribution in [2.45, 2.75) is 59.0 Å². The van der Waals surface area contributed by atoms with Crippen LogP contribution in [0.4, 0.5) is 13.2 Å². The van der Waals surface area contributed by atoms with Crippen molar-refractivity contribution < 1.29 is 27.2 Å². The van der Waals surface area contributed by atoms with E-state index in [2.05, 4.69) is 0 Å². The lowest BCUT2D eigenvalue weighted by molar-refractivity contribution is -0.722. The summed E-state index contributed by atoms with van der Waals surface area (Å²) in [5.74, 6) is 1.49. The Labute approximate surface area is 211 Å². The van der Waals surface area contributed by atoms with Crippen LogP contribution in [-0.2, 0) is 6.54 Å². The third kappa shape index (κ3) is 8.91. The molecule has 0 aliphatic rings. The van der Waals surface area contributed by atoms with Gasteiger partial charge in [-0.05, 0) is 88.2 Å². The van der Waals surface area contributed by atoms with Gasteiger partial charge in [0.25, 0.3) is 0 Å². The van der Waals surface area contributed by atoms with Gasteiger partial charge in [0.2, 0.25) is 17.9 Å². The predicted molar refractivity (Wildman–Crippen MR) is 140 cm³/mol. The van der Waals surface area contributed by atoms with Crippen LogP contribution >= 0.6 is 0 Å². The molecule has 0 spiro atoms. The molecule has 3 nitrogen and oxygen atoms in total. The minimum Gasteiger partial charge on any atom is -0.491 e. The summed E-state index contributed by atoms with van der Waals surface area (Å²) in [4.78, 5) is 0. The van der Waals surface area contributed by atoms with E-state index in [1.807, 2.05) is 83.1 Å². The van der Waals surface area contributed by atoms with Crippen LogP contribution < -0.4 is 14.0 Å². The SMILES string of the molecule is CC(C)Oc1ccc(/C=C/c2cccc(/C=C/c3ccc(OC(C)(C)C)cc3)[n+]2CC(F)(F)F)cc1. The molecule has 36 heavy (non-hydrogen) atoms. The van der Waals surface area contributed by atoms with Gasteiger partial charge in [-0.1, -0.05) is 24.3 Å². The van der Waals surface area contributed by atoms with Gasteiger partial charge in [-0.2, -0.15) is 17.7 Å². The van der Waals surface area contributed by atoms with E-state index in [9.17, 15) is 13.2 Å². The van der Waals surface area contributed by atoms with E-state index in [0.717, 1.165) is 22.6 Å². The second-order valence-electron chi connectivity index (χ2n) is 9.76. The first-order valence-corrected chi connectivity index (χ1v) is 11.9. The van der Waals surface area contributed by atoms with E-state index >= 15 is 0 Å². The first-order valence-electron chi connectivity index (χ1n) is 11.9. The number of ether oxygens (including phenoxy) is 2. The number of hydrogen-bond donors (Lipinski definition) is 0. The maximum atomic E-state index is 13.5. The van der Waals surface area contributed by atoms with E-state index in [4.69, 9.17) is 9.47 Å². The zero-order valence-electron chi connectivity index (χ0n) is 21.3. The molecule has 0 fully saturated rings. The van der Waals surface area contributed by atoms with Gasteiger partial charge in [-0.15, -0.1) is 0 Å². The molecule has 1 aromatic heterocycles. The van der Waals surface area contributed by atoms with Crippen molar-refractivity contribution in [2.24, 2.45) is 0 Å². The normalized spacial score (nSPS) is 12.6. The number of halogens is 3. The fraction of sp³-hybridized carbons (Fsp3) is 0.300. The number of nitrogens with zero attached hydrogens (tertiary/aromatic N) is 1. The topological polar surface area (TPSA) is 22.3 Å². The second kappa shape index (κ2) is 11.5. The quantitative estimate of drug-likeness (QED) is 0.296. The molecule has 6 heteroatoms. The van der Waals surface area contributed by atoms with Gasteiger partial charge < -0.3 is 9.47 Å². The smallest absolute Gasteiger partial charge is 0.448 e. The van der Waals surface area contributed by atoms with Crippen molar-refractivity contribution in [3.8, 4) is 11.5 Å². The highest BCUT2D eigenvalue weighted by molar-refractivity contribution is 5.69. The van der Waals surface area contributed by atoms with E-state index < -0.39 is 12.7 Å². The zero-order chi connectivity index (χ0) is 26.3. The van der Waals surface area contributed by atoms with Crippen molar-refractivity contribution in [1.29, 1.82) is 0 Å². The van der Waals surface area contributed by atoms with Crippen LogP contribution in [0.15, 0.2) is 66.7 Å². The number of rotatable bonds is 8. The zero-order valence-corrected chi connectivity index (χ0v) is 21.3. The third-order valence-electron chi connectivity index (χ3n) is 4.94. The van der Waals surface area contributed by atoms with Crippen molar-refractivity contribution in [3.05, 3.63) is 89.2 Å². The molecule has 0 unspecified atom stereocenters. The average Bonchev–Trinajstić information content (AvgIpc) is 2.77. The summed E-state index contributed by atoms with van der Waals surface area (Å²) in [6, 6.07) is 20.0. The van der Waals surface area contributed by atoms with E-state index in [0.29, 0.717) is 11.4 Å². The van der Waals surface area contributed by atoms with Gasteiger partial charge in [0.05, 0.1) is 6.10 Å². The van der Waals surface area contributed by atoms with Gasteiger partial charge in [0.1, 0.15) is 17.1 Å². The maximum absolute atomic E-state index is 13.5. The van der Waals surface area contributed by atoms with Crippen molar-refractivity contribution in [3.63, 3.8) is 0 Å². The van der Waals surface area contributed by atoms with Crippen LogP contribution in [0.5, 0.6) is 11.5 Å². The Balaban J connectivity index is 1.86. The van der Waals surface area contributed by atoms with E-state index in [-0.39, 0.29) is 11.7 Å². The molecule has 1 heterocycles. The molecule has 190 valence electrons. The summed E-state index contributed by atoms with van der Waals surface area (Å²) in [7, 11) is 0. The summed E-state index contributed by atoms with van der Waals surface area (Å²) in [6.45, 7) is 8.72. The fourth-order valence-electron chi connectivity index (χ4n) is 3.52. The molecule has 0 saturated heterocycles. The van der Waals surface area contributed by atoms with Gasteiger partial charge >= 0.3 is 6.18 Å². The minimum atomic E-state index is -4.36. The molecule has 2 aromatic carbocycles. The van der Waals surface area contributed by atoms with Crippen LogP contribution in [0.25, 0.3) is 24.3 Å². The maximum Gasteiger partial charge on any atom is 0.448 e. The molecule has 0 atom stereocenters. The summed E-state index contributed by atoms with van der Waals surface area (Å²) < 4.78 is 53.1. The molecule has 0 saturated carbocycles. The summed E-state index contributed by atoms with van der Waals surface area (Å²) >= 11 is 0. The number of aromatic nitrogens is 1. The van der Waals surface area contributed by atoms with Crippen molar-refractivity contribution in [1.82, 2.24) is 0 Å². The molecule has 0 N–H and O–H groups in total. The Kier molecular flexibility index (Phi) is 8.62. The Morgan fingerprint density at radius 3 is 1.61 bits per heavy atom. The summed E-state index contributed by atoms with van der Waals surface area (Å²) in [5.41, 5.74) is 2.32. The molecule has 0 bridgehead atoms. The average molecular weight is 497 g/mol. The fourth-order valence-corrected chi connectivity index (χ4v) is 3.52. The minimum absolute atomic E-state index is 0.0678. The predicted octanol–water partition coefficient (Wildman–Crippen LogP) is 7.84. The first-order chi connectivity index (χ1) is 16.9. The highest BCUT2D eigenvalue weighted by Crippen LogP contribution is 2.21. The number of benzene rings is 2. The van der Waals surface area contributed by atoms with Crippen LogP contribution in [-0.4, -0.2) is 17.9 Å². The molecule has 3 aromatic rings. The van der Waals surface area contributed by atoms with Gasteiger partial charge in [0.15, 0.2) is 0 Å². The summed E-state index contributed by atoms with van der Waals surface area (Å²) in [6.07, 6.45) is 2.69. The molecule has 0 amide bonds. The van der Waals surface area contributed by atoms with Gasteiger partial charge in [0, 0.05) is 24.3 Å². The Bertz CT molecular complexity index is 1190. The second-order valence-corrected chi connectivity index (χ2v) is 9.76. The molecule has 0 aliphatic carbocycles. The Morgan fingerprint density at radius 1 is 0.722 bits per heavy atom. The number of pyridine rings is 1. The molecule has 3 rings (SSSR count). The number of hydrogen-bond acceptors (Lipinski definition) is 2. The lowest BCUT2D eigenvalue weighted by Crippen LogP contribution is -2.46. The standard InChI is InChI=1S/C30H33F3NO2/c1-22(2)35-27-17-11-23(12-18-27)9-15-25-7-6-8-26(34(25)21-30(31,32)33)16-10-24-13-19-28(20-14-24)36-29(3,4)5/h6-20,22H,21H2,1-5H3/q+1/b15-9+,16-10+. The molecule has 0 aliphatic heterocycles. The van der Waals surface area contributed by atoms with Crippen LogP contribution in [0.3, 0.4) is 0 Å². The first kappa shape index (κ1) is 27.1. The number of alkyl halides is 3. The Morgan fingerprint density at radius 2 is 1.19 bits per heavy atom. The van der Waals surface area contributed by atoms with Crippen LogP contribution in [0, 0.1) is 0 Å². The lowest BCUT2D eigenvalue weighted by atomic mass is 10.1. The van der Waals surface area contributed by atoms with Gasteiger partial charge in [-0.25, -0.2) is 0 Å². The van der Waals surface area contributed by atoms with Gasteiger partial charge in [-0.3, -0.25) is 0 Å². The monoisotopic (exact) mass is 496 g/mol. The Hall–Kier alpha value is -3.54. The summed E-state index contributed by atoms with van der Waals surface area (Å²) in [5, 5.41) is 0.